The quantitative estimate of drug-likeness (QED) is 0.617. The van der Waals surface area contributed by atoms with E-state index in [1.807, 2.05) is 22.6 Å². The Morgan fingerprint density at radius 1 is 1.58 bits per heavy atom. The molecule has 0 amide bonds. The molecular weight excluding hydrogens is 294 g/mol. The van der Waals surface area contributed by atoms with Gasteiger partial charge in [0, 0.05) is 8.47 Å². The highest BCUT2D eigenvalue weighted by molar-refractivity contribution is 14.1. The first-order chi connectivity index (χ1) is 5.52. The highest BCUT2D eigenvalue weighted by atomic mass is 127. The Bertz CT molecular complexity index is 317. The molecule has 5 heteroatoms. The Labute approximate surface area is 87.3 Å². The fourth-order valence-electron chi connectivity index (χ4n) is 0.772. The Morgan fingerprint density at radius 3 is 2.58 bits per heavy atom. The predicted molar refractivity (Wildman–Crippen MR) is 53.3 cm³/mol. The van der Waals surface area contributed by atoms with Gasteiger partial charge in [0.2, 0.25) is 0 Å². The molecule has 0 saturated heterocycles. The molecule has 0 radical (unpaired) electrons. The van der Waals surface area contributed by atoms with Crippen LogP contribution in [0.15, 0.2) is 17.0 Å². The van der Waals surface area contributed by atoms with Gasteiger partial charge in [0.05, 0.1) is 0 Å². The summed E-state index contributed by atoms with van der Waals surface area (Å²) in [5, 5.41) is 8.55. The number of aromatic carboxylic acids is 1. The standard InChI is InChI=1S/C7H4FIO2S/c8-4-1-3(9)2-5(12)6(4)7(10)11/h1-2,12H,(H,10,11). The second-order valence-electron chi connectivity index (χ2n) is 2.09. The van der Waals surface area contributed by atoms with E-state index in [9.17, 15) is 9.18 Å². The van der Waals surface area contributed by atoms with E-state index in [1.54, 1.807) is 0 Å². The van der Waals surface area contributed by atoms with Crippen LogP contribution in [0.4, 0.5) is 4.39 Å². The van der Waals surface area contributed by atoms with Crippen molar-refractivity contribution >= 4 is 41.2 Å². The molecule has 2 nitrogen and oxygen atoms in total. The summed E-state index contributed by atoms with van der Waals surface area (Å²) in [5.74, 6) is -2.05. The SMILES string of the molecule is O=C(O)c1c(F)cc(I)cc1S. The molecule has 64 valence electrons. The molecule has 0 saturated carbocycles. The summed E-state index contributed by atoms with van der Waals surface area (Å²) in [7, 11) is 0. The van der Waals surface area contributed by atoms with Gasteiger partial charge < -0.3 is 5.11 Å². The van der Waals surface area contributed by atoms with Crippen molar-refractivity contribution in [3.63, 3.8) is 0 Å². The van der Waals surface area contributed by atoms with Crippen molar-refractivity contribution in [2.24, 2.45) is 0 Å². The number of benzene rings is 1. The van der Waals surface area contributed by atoms with Crippen molar-refractivity contribution in [2.75, 3.05) is 0 Å². The van der Waals surface area contributed by atoms with Gasteiger partial charge in [-0.3, -0.25) is 0 Å². The van der Waals surface area contributed by atoms with Crippen LogP contribution in [0, 0.1) is 9.39 Å². The van der Waals surface area contributed by atoms with Crippen molar-refractivity contribution in [1.29, 1.82) is 0 Å². The number of thiol groups is 1. The van der Waals surface area contributed by atoms with Crippen LogP contribution >= 0.6 is 35.2 Å². The molecule has 0 aliphatic carbocycles. The number of carboxylic acid groups (broad SMARTS) is 1. The molecule has 0 atom stereocenters. The molecule has 1 aromatic carbocycles. The molecule has 0 aliphatic rings. The van der Waals surface area contributed by atoms with E-state index < -0.39 is 11.8 Å². The highest BCUT2D eigenvalue weighted by Gasteiger charge is 2.14. The number of hydrogen-bond acceptors (Lipinski definition) is 2. The number of hydrogen-bond donors (Lipinski definition) is 2. The van der Waals surface area contributed by atoms with Crippen LogP contribution in [0.2, 0.25) is 0 Å². The minimum absolute atomic E-state index is 0.145. The van der Waals surface area contributed by atoms with E-state index in [4.69, 9.17) is 5.11 Å². The van der Waals surface area contributed by atoms with Gasteiger partial charge in [-0.2, -0.15) is 0 Å². The first-order valence-electron chi connectivity index (χ1n) is 2.93. The first kappa shape index (κ1) is 9.79. The average Bonchev–Trinajstić information content (AvgIpc) is 1.82. The molecule has 0 fully saturated rings. The maximum atomic E-state index is 12.9. The van der Waals surface area contributed by atoms with Crippen LogP contribution in [-0.2, 0) is 0 Å². The average molecular weight is 298 g/mol. The van der Waals surface area contributed by atoms with Crippen LogP contribution in [0.5, 0.6) is 0 Å². The van der Waals surface area contributed by atoms with E-state index in [-0.39, 0.29) is 10.5 Å². The largest absolute Gasteiger partial charge is 0.478 e. The molecule has 0 spiro atoms. The third-order valence-electron chi connectivity index (χ3n) is 1.25. The lowest BCUT2D eigenvalue weighted by atomic mass is 10.2. The van der Waals surface area contributed by atoms with Crippen LogP contribution in [0.3, 0.4) is 0 Å². The zero-order valence-electron chi connectivity index (χ0n) is 5.71. The van der Waals surface area contributed by atoms with Gasteiger partial charge in [-0.25, -0.2) is 9.18 Å². The maximum Gasteiger partial charge on any atom is 0.339 e. The lowest BCUT2D eigenvalue weighted by Gasteiger charge is -2.01. The smallest absolute Gasteiger partial charge is 0.339 e. The molecule has 0 aromatic heterocycles. The Balaban J connectivity index is 3.38. The van der Waals surface area contributed by atoms with Gasteiger partial charge in [-0.1, -0.05) is 0 Å². The van der Waals surface area contributed by atoms with Gasteiger partial charge >= 0.3 is 5.97 Å². The number of carboxylic acids is 1. The third-order valence-corrected chi connectivity index (χ3v) is 2.22. The van der Waals surface area contributed by atoms with E-state index in [1.165, 1.54) is 6.07 Å². The maximum absolute atomic E-state index is 12.9. The van der Waals surface area contributed by atoms with Crippen molar-refractivity contribution in [2.45, 2.75) is 4.90 Å². The summed E-state index contributed by atoms with van der Waals surface area (Å²) in [5.41, 5.74) is -0.376. The van der Waals surface area contributed by atoms with Gasteiger partial charge in [-0.15, -0.1) is 12.6 Å². The van der Waals surface area contributed by atoms with Crippen LogP contribution < -0.4 is 0 Å². The third kappa shape index (κ3) is 1.89. The van der Waals surface area contributed by atoms with Crippen molar-refractivity contribution in [3.05, 3.63) is 27.1 Å². The van der Waals surface area contributed by atoms with Crippen molar-refractivity contribution < 1.29 is 14.3 Å². The van der Waals surface area contributed by atoms with Gasteiger partial charge in [0.15, 0.2) is 0 Å². The van der Waals surface area contributed by atoms with Crippen LogP contribution in [0.25, 0.3) is 0 Å². The zero-order valence-corrected chi connectivity index (χ0v) is 8.77. The van der Waals surface area contributed by atoms with Crippen LogP contribution in [0.1, 0.15) is 10.4 Å². The molecule has 12 heavy (non-hydrogen) atoms. The van der Waals surface area contributed by atoms with E-state index in [2.05, 4.69) is 12.6 Å². The normalized spacial score (nSPS) is 9.92. The number of carbonyl (C=O) groups is 1. The molecule has 1 N–H and O–H groups in total. The minimum atomic E-state index is -1.30. The Hall–Kier alpha value is -0.300. The summed E-state index contributed by atoms with van der Waals surface area (Å²) in [6, 6.07) is 2.65. The lowest BCUT2D eigenvalue weighted by Crippen LogP contribution is -2.02. The predicted octanol–water partition coefficient (Wildman–Crippen LogP) is 2.42. The summed E-state index contributed by atoms with van der Waals surface area (Å²) < 4.78 is 13.6. The van der Waals surface area contributed by atoms with Gasteiger partial charge in [-0.05, 0) is 34.7 Å². The van der Waals surface area contributed by atoms with Crippen molar-refractivity contribution in [1.82, 2.24) is 0 Å². The molecular formula is C7H4FIO2S. The number of halogens is 2. The fourth-order valence-corrected chi connectivity index (χ4v) is 1.94. The summed E-state index contributed by atoms with van der Waals surface area (Å²) in [6.45, 7) is 0. The van der Waals surface area contributed by atoms with Crippen LogP contribution in [-0.4, -0.2) is 11.1 Å². The zero-order chi connectivity index (χ0) is 9.30. The van der Waals surface area contributed by atoms with Crippen molar-refractivity contribution in [3.8, 4) is 0 Å². The molecule has 0 unspecified atom stereocenters. The van der Waals surface area contributed by atoms with Gasteiger partial charge in [0.1, 0.15) is 11.4 Å². The molecule has 1 rings (SSSR count). The summed E-state index contributed by atoms with van der Waals surface area (Å²) in [6.07, 6.45) is 0. The fraction of sp³-hybridized carbons (Fsp3) is 0. The van der Waals surface area contributed by atoms with E-state index >= 15 is 0 Å². The first-order valence-corrected chi connectivity index (χ1v) is 4.46. The number of rotatable bonds is 1. The van der Waals surface area contributed by atoms with E-state index in [0.717, 1.165) is 6.07 Å². The minimum Gasteiger partial charge on any atom is -0.478 e. The lowest BCUT2D eigenvalue weighted by molar-refractivity contribution is 0.0688. The monoisotopic (exact) mass is 298 g/mol. The van der Waals surface area contributed by atoms with Gasteiger partial charge in [0.25, 0.3) is 0 Å². The highest BCUT2D eigenvalue weighted by Crippen LogP contribution is 2.20. The second kappa shape index (κ2) is 3.61. The second-order valence-corrected chi connectivity index (χ2v) is 3.81. The molecule has 0 heterocycles. The van der Waals surface area contributed by atoms with E-state index in [0.29, 0.717) is 3.57 Å². The molecule has 0 bridgehead atoms. The molecule has 1 aromatic rings. The Morgan fingerprint density at radius 2 is 2.17 bits per heavy atom. The Kier molecular flexibility index (Phi) is 2.94. The summed E-state index contributed by atoms with van der Waals surface area (Å²) >= 11 is 5.74. The molecule has 0 aliphatic heterocycles. The topological polar surface area (TPSA) is 37.3 Å². The summed E-state index contributed by atoms with van der Waals surface area (Å²) in [4.78, 5) is 10.6.